The predicted molar refractivity (Wildman–Crippen MR) is 139 cm³/mol. The number of hydrogen-bond acceptors (Lipinski definition) is 6. The van der Waals surface area contributed by atoms with Gasteiger partial charge in [0.1, 0.15) is 11.5 Å². The Bertz CT molecular complexity index is 1230. The van der Waals surface area contributed by atoms with Gasteiger partial charge in [-0.2, -0.15) is 0 Å². The summed E-state index contributed by atoms with van der Waals surface area (Å²) in [4.78, 5) is 22.3. The molecule has 33 heavy (non-hydrogen) atoms. The molecule has 0 spiro atoms. The zero-order chi connectivity index (χ0) is 24.0. The van der Waals surface area contributed by atoms with Gasteiger partial charge in [0.25, 0.3) is 5.56 Å². The van der Waals surface area contributed by atoms with Crippen molar-refractivity contribution in [2.45, 2.75) is 27.0 Å². The van der Waals surface area contributed by atoms with Gasteiger partial charge in [0.15, 0.2) is 6.23 Å². The minimum Gasteiger partial charge on any atom is -0.398 e. The van der Waals surface area contributed by atoms with E-state index in [0.29, 0.717) is 40.1 Å². The van der Waals surface area contributed by atoms with E-state index in [1.165, 1.54) is 0 Å². The van der Waals surface area contributed by atoms with Crippen molar-refractivity contribution < 1.29 is 4.74 Å². The number of nitrogen functional groups attached to an aromatic ring is 1. The van der Waals surface area contributed by atoms with Crippen LogP contribution in [0.25, 0.3) is 16.8 Å². The number of nitrogens with zero attached hydrogens (tertiary/aromatic N) is 3. The maximum atomic E-state index is 13.7. The second-order valence-electron chi connectivity index (χ2n) is 6.94. The fraction of sp³-hybridized carbons (Fsp3) is 0.240. The van der Waals surface area contributed by atoms with E-state index < -0.39 is 6.23 Å². The number of halogens is 1. The van der Waals surface area contributed by atoms with E-state index in [1.807, 2.05) is 32.9 Å². The number of ether oxygens (including phenoxy) is 1. The van der Waals surface area contributed by atoms with Crippen molar-refractivity contribution in [1.29, 1.82) is 0 Å². The lowest BCUT2D eigenvalue weighted by Gasteiger charge is -2.25. The van der Waals surface area contributed by atoms with E-state index in [2.05, 4.69) is 15.3 Å². The molecule has 8 heteroatoms. The highest BCUT2D eigenvalue weighted by molar-refractivity contribution is 6.30. The van der Waals surface area contributed by atoms with Crippen LogP contribution in [0.2, 0.25) is 5.02 Å². The molecule has 1 atom stereocenters. The summed E-state index contributed by atoms with van der Waals surface area (Å²) >= 11 is 6.07. The lowest BCUT2D eigenvalue weighted by atomic mass is 10.0. The smallest absolute Gasteiger partial charge is 0.264 e. The van der Waals surface area contributed by atoms with Gasteiger partial charge < -0.3 is 15.8 Å². The monoisotopic (exact) mass is 465 g/mol. The highest BCUT2D eigenvalue weighted by Gasteiger charge is 2.22. The van der Waals surface area contributed by atoms with Crippen molar-refractivity contribution in [2.24, 2.45) is 9.98 Å². The van der Waals surface area contributed by atoms with Crippen molar-refractivity contribution in [2.75, 3.05) is 24.7 Å². The summed E-state index contributed by atoms with van der Waals surface area (Å²) in [6, 6.07) is 14.3. The number of pyridine rings is 1. The molecule has 0 radical (unpaired) electrons. The Kier molecular flexibility index (Phi) is 8.03. The summed E-state index contributed by atoms with van der Waals surface area (Å²) in [6.07, 6.45) is 2.93. The summed E-state index contributed by atoms with van der Waals surface area (Å²) in [5.41, 5.74) is 9.68. The first-order valence-corrected chi connectivity index (χ1v) is 11.2. The molecule has 0 saturated carbocycles. The molecule has 1 aromatic heterocycles. The number of nitrogens with one attached hydrogen (secondary N) is 1. The normalized spacial score (nSPS) is 14.4. The van der Waals surface area contributed by atoms with Crippen LogP contribution in [0.5, 0.6) is 0 Å². The number of aromatic nitrogens is 1. The molecule has 0 bridgehead atoms. The van der Waals surface area contributed by atoms with Crippen LogP contribution in [-0.2, 0) is 4.74 Å². The molecule has 3 aromatic rings. The first-order chi connectivity index (χ1) is 16.0. The Morgan fingerprint density at radius 1 is 1.21 bits per heavy atom. The van der Waals surface area contributed by atoms with Gasteiger partial charge in [-0.25, -0.2) is 0 Å². The first-order valence-electron chi connectivity index (χ1n) is 10.8. The molecular formula is C25H28ClN5O2. The number of nitrogens with two attached hydrogens (primary N) is 1. The molecular weight excluding hydrogens is 438 g/mol. The minimum atomic E-state index is -0.426. The highest BCUT2D eigenvalue weighted by Crippen LogP contribution is 2.34. The summed E-state index contributed by atoms with van der Waals surface area (Å²) in [5, 5.41) is 3.84. The maximum Gasteiger partial charge on any atom is 0.264 e. The van der Waals surface area contributed by atoms with Gasteiger partial charge in [-0.3, -0.25) is 19.3 Å². The lowest BCUT2D eigenvalue weighted by Crippen LogP contribution is -2.32. The molecule has 1 aliphatic heterocycles. The third-order valence-corrected chi connectivity index (χ3v) is 5.16. The molecule has 0 aliphatic carbocycles. The van der Waals surface area contributed by atoms with Crippen molar-refractivity contribution in [1.82, 2.24) is 4.57 Å². The van der Waals surface area contributed by atoms with E-state index in [0.717, 1.165) is 11.1 Å². The molecule has 7 nitrogen and oxygen atoms in total. The van der Waals surface area contributed by atoms with Crippen LogP contribution in [0.3, 0.4) is 0 Å². The molecule has 0 saturated heterocycles. The molecule has 172 valence electrons. The third-order valence-electron chi connectivity index (χ3n) is 4.91. The topological polar surface area (TPSA) is 94.0 Å². The van der Waals surface area contributed by atoms with Gasteiger partial charge in [0.05, 0.1) is 11.9 Å². The van der Waals surface area contributed by atoms with Crippen LogP contribution >= 0.6 is 11.6 Å². The Morgan fingerprint density at radius 2 is 1.94 bits per heavy atom. The number of benzene rings is 2. The van der Waals surface area contributed by atoms with Crippen molar-refractivity contribution in [3.05, 3.63) is 69.5 Å². The molecule has 2 heterocycles. The standard InChI is InChI=1S/C23H22ClN5O2.C2H6/c1-3-31-21-13-27-20-11-18(14-4-9-19(25)15(10-14)12-26-2)23(30)29(22(20)28-21)17-7-5-16(24)6-8-17;1-2/h4-13,21,28H,3,25H2,1-2H3;1-2H3. The number of rotatable bonds is 5. The quantitative estimate of drug-likeness (QED) is 0.394. The average molecular weight is 466 g/mol. The molecule has 3 N–H and O–H groups in total. The van der Waals surface area contributed by atoms with Gasteiger partial charge in [0.2, 0.25) is 0 Å². The fourth-order valence-electron chi connectivity index (χ4n) is 3.46. The Morgan fingerprint density at radius 3 is 2.61 bits per heavy atom. The minimum absolute atomic E-state index is 0.204. The Hall–Kier alpha value is -3.42. The van der Waals surface area contributed by atoms with Crippen LogP contribution in [0.1, 0.15) is 26.3 Å². The van der Waals surface area contributed by atoms with E-state index in [-0.39, 0.29) is 5.56 Å². The van der Waals surface area contributed by atoms with E-state index in [9.17, 15) is 4.79 Å². The van der Waals surface area contributed by atoms with Gasteiger partial charge in [0, 0.05) is 41.7 Å². The third kappa shape index (κ3) is 5.16. The maximum absolute atomic E-state index is 13.7. The number of aliphatic imine (C=N–C) groups is 2. The van der Waals surface area contributed by atoms with Crippen LogP contribution < -0.4 is 16.6 Å². The lowest BCUT2D eigenvalue weighted by molar-refractivity contribution is 0.130. The predicted octanol–water partition coefficient (Wildman–Crippen LogP) is 5.31. The van der Waals surface area contributed by atoms with Crippen LogP contribution in [0, 0.1) is 0 Å². The van der Waals surface area contributed by atoms with E-state index >= 15 is 0 Å². The zero-order valence-electron chi connectivity index (χ0n) is 19.2. The second kappa shape index (κ2) is 10.9. The van der Waals surface area contributed by atoms with Crippen LogP contribution in [0.4, 0.5) is 17.2 Å². The largest absolute Gasteiger partial charge is 0.398 e. The Balaban J connectivity index is 0.00000149. The zero-order valence-corrected chi connectivity index (χ0v) is 19.9. The molecule has 2 aromatic carbocycles. The molecule has 1 aliphatic rings. The number of hydrogen-bond donors (Lipinski definition) is 2. The van der Waals surface area contributed by atoms with Crippen LogP contribution in [0.15, 0.2) is 63.3 Å². The summed E-state index contributed by atoms with van der Waals surface area (Å²) < 4.78 is 7.23. The summed E-state index contributed by atoms with van der Waals surface area (Å²) in [6.45, 7) is 6.41. The number of fused-ring (bicyclic) bond motifs is 1. The van der Waals surface area contributed by atoms with Gasteiger partial charge in [-0.1, -0.05) is 31.5 Å². The Labute approximate surface area is 198 Å². The molecule has 0 amide bonds. The fourth-order valence-corrected chi connectivity index (χ4v) is 3.59. The first kappa shape index (κ1) is 24.2. The highest BCUT2D eigenvalue weighted by atomic mass is 35.5. The summed E-state index contributed by atoms with van der Waals surface area (Å²) in [5.74, 6) is 0.558. The van der Waals surface area contributed by atoms with Crippen molar-refractivity contribution in [3.8, 4) is 16.8 Å². The van der Waals surface area contributed by atoms with Crippen molar-refractivity contribution in [3.63, 3.8) is 0 Å². The average Bonchev–Trinajstić information content (AvgIpc) is 2.83. The van der Waals surface area contributed by atoms with Crippen molar-refractivity contribution >= 4 is 41.2 Å². The summed E-state index contributed by atoms with van der Waals surface area (Å²) in [7, 11) is 1.67. The second-order valence-corrected chi connectivity index (χ2v) is 7.37. The molecule has 0 fully saturated rings. The van der Waals surface area contributed by atoms with Gasteiger partial charge in [-0.05, 0) is 55.0 Å². The molecule has 4 rings (SSSR count). The van der Waals surface area contributed by atoms with Gasteiger partial charge >= 0.3 is 0 Å². The van der Waals surface area contributed by atoms with Crippen LogP contribution in [-0.4, -0.2) is 36.9 Å². The van der Waals surface area contributed by atoms with Gasteiger partial charge in [-0.15, -0.1) is 0 Å². The number of anilines is 2. The van der Waals surface area contributed by atoms with E-state index in [1.54, 1.807) is 60.4 Å². The van der Waals surface area contributed by atoms with E-state index in [4.69, 9.17) is 22.1 Å². The molecule has 1 unspecified atom stereocenters. The SMILES string of the molecule is CC.CCOC1C=Nc2cc(-c3ccc(N)c(C=NC)c3)c(=O)n(-c3ccc(Cl)cc3)c2N1.